The third kappa shape index (κ3) is 4.51. The van der Waals surface area contributed by atoms with E-state index < -0.39 is 0 Å². The number of hydrogen-bond acceptors (Lipinski definition) is 4. The molecule has 1 heterocycles. The first-order valence-electron chi connectivity index (χ1n) is 8.61. The monoisotopic (exact) mass is 367 g/mol. The van der Waals surface area contributed by atoms with Gasteiger partial charge >= 0.3 is 0 Å². The van der Waals surface area contributed by atoms with Gasteiger partial charge < -0.3 is 20.1 Å². The molecule has 1 fully saturated rings. The van der Waals surface area contributed by atoms with Crippen molar-refractivity contribution >= 4 is 23.0 Å². The van der Waals surface area contributed by atoms with Crippen molar-refractivity contribution in [1.82, 2.24) is 4.90 Å². The summed E-state index contributed by atoms with van der Waals surface area (Å²) < 4.78 is 5.75. The fourth-order valence-corrected chi connectivity index (χ4v) is 3.24. The fourth-order valence-electron chi connectivity index (χ4n) is 2.99. The maximum absolute atomic E-state index is 10.1. The van der Waals surface area contributed by atoms with Crippen LogP contribution in [0.2, 0.25) is 0 Å². The van der Waals surface area contributed by atoms with Crippen LogP contribution in [-0.4, -0.2) is 34.4 Å². The van der Waals surface area contributed by atoms with E-state index in [4.69, 9.17) is 17.0 Å². The molecule has 26 heavy (non-hydrogen) atoms. The van der Waals surface area contributed by atoms with Crippen LogP contribution in [0.25, 0.3) is 0 Å². The zero-order valence-electron chi connectivity index (χ0n) is 14.4. The maximum atomic E-state index is 10.1. The smallest absolute Gasteiger partial charge is 0.173 e. The zero-order valence-corrected chi connectivity index (χ0v) is 15.2. The molecule has 1 atom stereocenters. The highest BCUT2D eigenvalue weighted by Gasteiger charge is 2.22. The quantitative estimate of drug-likeness (QED) is 0.787. The number of ether oxygens (including phenoxy) is 1. The summed E-state index contributed by atoms with van der Waals surface area (Å²) in [4.78, 5) is 1.98. The first-order valence-corrected chi connectivity index (χ1v) is 9.01. The Bertz CT molecular complexity index is 813. The van der Waals surface area contributed by atoms with E-state index in [0.29, 0.717) is 29.5 Å². The molecule has 0 saturated carbocycles. The van der Waals surface area contributed by atoms with E-state index in [1.54, 1.807) is 18.2 Å². The second kappa shape index (κ2) is 8.65. The van der Waals surface area contributed by atoms with Crippen LogP contribution in [-0.2, 0) is 11.3 Å². The van der Waals surface area contributed by atoms with Crippen molar-refractivity contribution < 1.29 is 9.84 Å². The predicted molar refractivity (Wildman–Crippen MR) is 105 cm³/mol. The number of nitrogens with one attached hydrogen (secondary N) is 1. The standard InChI is InChI=1S/C20H21N3O2S/c21-12-15-6-1-3-9-18(15)22-20(26)23(14-17-8-5-11-25-17)13-16-7-2-4-10-19(16)24/h1-4,6-7,9-10,17,24H,5,8,11,13-14H2,(H,22,26)/t17-/m1/s1. The number of hydrogen-bond donors (Lipinski definition) is 2. The molecule has 0 amide bonds. The average Bonchev–Trinajstić information content (AvgIpc) is 3.16. The Balaban J connectivity index is 1.78. The molecule has 3 rings (SSSR count). The molecule has 0 aromatic heterocycles. The molecule has 5 nitrogen and oxygen atoms in total. The lowest BCUT2D eigenvalue weighted by molar-refractivity contribution is 0.0904. The minimum atomic E-state index is 0.117. The number of para-hydroxylation sites is 2. The van der Waals surface area contributed by atoms with Gasteiger partial charge in [-0.1, -0.05) is 30.3 Å². The molecular weight excluding hydrogens is 346 g/mol. The van der Waals surface area contributed by atoms with Crippen LogP contribution in [0, 0.1) is 11.3 Å². The molecule has 2 aromatic rings. The lowest BCUT2D eigenvalue weighted by Gasteiger charge is -2.28. The van der Waals surface area contributed by atoms with E-state index in [0.717, 1.165) is 25.0 Å². The summed E-state index contributed by atoms with van der Waals surface area (Å²) in [7, 11) is 0. The minimum absolute atomic E-state index is 0.117. The predicted octanol–water partition coefficient (Wildman–Crippen LogP) is 3.64. The molecule has 0 spiro atoms. The summed E-state index contributed by atoms with van der Waals surface area (Å²) in [5.74, 6) is 0.241. The number of anilines is 1. The molecule has 134 valence electrons. The van der Waals surface area contributed by atoms with Gasteiger partial charge in [-0.25, -0.2) is 0 Å². The van der Waals surface area contributed by atoms with Gasteiger partial charge in [-0.3, -0.25) is 0 Å². The van der Waals surface area contributed by atoms with Gasteiger partial charge in [0.15, 0.2) is 5.11 Å². The van der Waals surface area contributed by atoms with Crippen molar-refractivity contribution in [2.75, 3.05) is 18.5 Å². The molecule has 0 unspecified atom stereocenters. The zero-order chi connectivity index (χ0) is 18.4. The Labute approximate surface area is 158 Å². The van der Waals surface area contributed by atoms with Gasteiger partial charge in [0, 0.05) is 25.3 Å². The van der Waals surface area contributed by atoms with Gasteiger partial charge in [0.05, 0.1) is 17.4 Å². The number of phenolic OH excluding ortho intramolecular Hbond substituents is 1. The van der Waals surface area contributed by atoms with Gasteiger partial charge in [-0.15, -0.1) is 0 Å². The first kappa shape index (κ1) is 18.2. The SMILES string of the molecule is N#Cc1ccccc1NC(=S)N(Cc1ccccc1O)C[C@H]1CCCO1. The van der Waals surface area contributed by atoms with E-state index >= 15 is 0 Å². The van der Waals surface area contributed by atoms with Crippen LogP contribution in [0.4, 0.5) is 5.69 Å². The molecular formula is C20H21N3O2S. The molecule has 0 aliphatic carbocycles. The normalized spacial score (nSPS) is 16.0. The van der Waals surface area contributed by atoms with Crippen molar-refractivity contribution in [2.45, 2.75) is 25.5 Å². The summed E-state index contributed by atoms with van der Waals surface area (Å²) in [6.07, 6.45) is 2.16. The van der Waals surface area contributed by atoms with E-state index in [1.165, 1.54) is 0 Å². The lowest BCUT2D eigenvalue weighted by atomic mass is 10.1. The molecule has 1 aliphatic rings. The highest BCUT2D eigenvalue weighted by molar-refractivity contribution is 7.80. The van der Waals surface area contributed by atoms with Crippen molar-refractivity contribution in [2.24, 2.45) is 0 Å². The molecule has 1 saturated heterocycles. The number of benzene rings is 2. The van der Waals surface area contributed by atoms with Crippen molar-refractivity contribution in [1.29, 1.82) is 5.26 Å². The summed E-state index contributed by atoms with van der Waals surface area (Å²) in [6, 6.07) is 16.7. The van der Waals surface area contributed by atoms with E-state index in [2.05, 4.69) is 11.4 Å². The van der Waals surface area contributed by atoms with Crippen LogP contribution in [0.15, 0.2) is 48.5 Å². The van der Waals surface area contributed by atoms with Gasteiger partial charge in [-0.2, -0.15) is 5.26 Å². The third-order valence-electron chi connectivity index (χ3n) is 4.38. The van der Waals surface area contributed by atoms with Crippen LogP contribution in [0.3, 0.4) is 0 Å². The highest BCUT2D eigenvalue weighted by Crippen LogP contribution is 2.22. The topological polar surface area (TPSA) is 68.5 Å². The van der Waals surface area contributed by atoms with Crippen molar-refractivity contribution in [3.05, 3.63) is 59.7 Å². The molecule has 1 aliphatic heterocycles. The Kier molecular flexibility index (Phi) is 6.05. The van der Waals surface area contributed by atoms with Crippen molar-refractivity contribution in [3.8, 4) is 11.8 Å². The Hall–Kier alpha value is -2.62. The van der Waals surface area contributed by atoms with Gasteiger partial charge in [-0.05, 0) is 43.3 Å². The largest absolute Gasteiger partial charge is 0.508 e. The van der Waals surface area contributed by atoms with Gasteiger partial charge in [0.2, 0.25) is 0 Å². The summed E-state index contributed by atoms with van der Waals surface area (Å²) in [5, 5.41) is 23.1. The second-order valence-electron chi connectivity index (χ2n) is 6.23. The lowest BCUT2D eigenvalue weighted by Crippen LogP contribution is -2.39. The van der Waals surface area contributed by atoms with E-state index in [1.807, 2.05) is 35.2 Å². The summed E-state index contributed by atoms with van der Waals surface area (Å²) in [5.41, 5.74) is 2.01. The molecule has 6 heteroatoms. The maximum Gasteiger partial charge on any atom is 0.173 e. The highest BCUT2D eigenvalue weighted by atomic mass is 32.1. The van der Waals surface area contributed by atoms with E-state index in [-0.39, 0.29) is 11.9 Å². The molecule has 0 bridgehead atoms. The summed E-state index contributed by atoms with van der Waals surface area (Å²) in [6.45, 7) is 1.87. The molecule has 0 radical (unpaired) electrons. The second-order valence-corrected chi connectivity index (χ2v) is 6.62. The Morgan fingerprint density at radius 3 is 2.77 bits per heavy atom. The number of aromatic hydroxyl groups is 1. The first-order chi connectivity index (χ1) is 12.7. The van der Waals surface area contributed by atoms with Crippen LogP contribution in [0.1, 0.15) is 24.0 Å². The fraction of sp³-hybridized carbons (Fsp3) is 0.300. The molecule has 2 aromatic carbocycles. The van der Waals surface area contributed by atoms with Crippen LogP contribution in [0.5, 0.6) is 5.75 Å². The van der Waals surface area contributed by atoms with Crippen molar-refractivity contribution in [3.63, 3.8) is 0 Å². The van der Waals surface area contributed by atoms with Gasteiger partial charge in [0.25, 0.3) is 0 Å². The van der Waals surface area contributed by atoms with Crippen LogP contribution >= 0.6 is 12.2 Å². The van der Waals surface area contributed by atoms with E-state index in [9.17, 15) is 10.4 Å². The number of rotatable bonds is 5. The average molecular weight is 367 g/mol. The number of phenols is 1. The Morgan fingerprint density at radius 1 is 1.27 bits per heavy atom. The van der Waals surface area contributed by atoms with Crippen LogP contribution < -0.4 is 5.32 Å². The Morgan fingerprint density at radius 2 is 2.04 bits per heavy atom. The minimum Gasteiger partial charge on any atom is -0.508 e. The molecule has 2 N–H and O–H groups in total. The number of nitriles is 1. The third-order valence-corrected chi connectivity index (χ3v) is 4.74. The number of thiocarbonyl (C=S) groups is 1. The van der Waals surface area contributed by atoms with Gasteiger partial charge in [0.1, 0.15) is 11.8 Å². The number of nitrogens with zero attached hydrogens (tertiary/aromatic N) is 2. The summed E-state index contributed by atoms with van der Waals surface area (Å²) >= 11 is 5.61.